The van der Waals surface area contributed by atoms with E-state index in [9.17, 15) is 14.4 Å². The van der Waals surface area contributed by atoms with Gasteiger partial charge in [-0.1, -0.05) is 253 Å². The van der Waals surface area contributed by atoms with Crippen LogP contribution in [0.25, 0.3) is 0 Å². The Hall–Kier alpha value is -3.67. The molecular weight excluding hydrogens is 877 g/mol. The molecule has 406 valence electrons. The van der Waals surface area contributed by atoms with E-state index in [0.29, 0.717) is 19.3 Å². The van der Waals surface area contributed by atoms with Crippen LogP contribution in [0.3, 0.4) is 0 Å². The number of allylic oxidation sites excluding steroid dienone is 16. The van der Waals surface area contributed by atoms with Crippen LogP contribution in [0.2, 0.25) is 0 Å². The van der Waals surface area contributed by atoms with Gasteiger partial charge in [-0.15, -0.1) is 0 Å². The zero-order valence-electron chi connectivity index (χ0n) is 46.5. The molecule has 0 fully saturated rings. The molecule has 0 spiro atoms. The Morgan fingerprint density at radius 3 is 0.859 bits per heavy atom. The topological polar surface area (TPSA) is 78.9 Å². The highest BCUT2D eigenvalue weighted by Crippen LogP contribution is 2.15. The Bertz CT molecular complexity index is 1410. The molecule has 6 heteroatoms. The summed E-state index contributed by atoms with van der Waals surface area (Å²) in [6.07, 6.45) is 78.3. The number of carbonyl (C=O) groups is 3. The van der Waals surface area contributed by atoms with Crippen molar-refractivity contribution < 1.29 is 28.6 Å². The summed E-state index contributed by atoms with van der Waals surface area (Å²) in [4.78, 5) is 38.2. The molecular formula is C65H110O6. The summed E-state index contributed by atoms with van der Waals surface area (Å²) in [7, 11) is 0. The minimum atomic E-state index is -0.819. The Morgan fingerprint density at radius 1 is 0.282 bits per heavy atom. The third-order valence-electron chi connectivity index (χ3n) is 12.6. The summed E-state index contributed by atoms with van der Waals surface area (Å²) in [5.74, 6) is -0.991. The summed E-state index contributed by atoms with van der Waals surface area (Å²) in [6.45, 7) is 6.53. The Morgan fingerprint density at radius 2 is 0.521 bits per heavy atom. The fourth-order valence-electron chi connectivity index (χ4n) is 8.07. The summed E-state index contributed by atoms with van der Waals surface area (Å²) < 4.78 is 16.8. The van der Waals surface area contributed by atoms with Gasteiger partial charge >= 0.3 is 17.9 Å². The fraction of sp³-hybridized carbons (Fsp3) is 0.708. The lowest BCUT2D eigenvalue weighted by Gasteiger charge is -2.18. The molecule has 71 heavy (non-hydrogen) atoms. The molecule has 0 saturated heterocycles. The number of rotatable bonds is 53. The summed E-state index contributed by atoms with van der Waals surface area (Å²) in [6, 6.07) is 0. The van der Waals surface area contributed by atoms with Crippen molar-refractivity contribution >= 4 is 17.9 Å². The van der Waals surface area contributed by atoms with E-state index in [1.54, 1.807) is 0 Å². The molecule has 0 aromatic heterocycles. The Kier molecular flexibility index (Phi) is 55.9. The second-order valence-corrected chi connectivity index (χ2v) is 19.6. The van der Waals surface area contributed by atoms with Crippen molar-refractivity contribution in [2.75, 3.05) is 13.2 Å². The van der Waals surface area contributed by atoms with Crippen LogP contribution >= 0.6 is 0 Å². The normalized spacial score (nSPS) is 12.8. The van der Waals surface area contributed by atoms with E-state index < -0.39 is 6.10 Å². The van der Waals surface area contributed by atoms with E-state index in [0.717, 1.165) is 89.9 Å². The molecule has 0 aliphatic heterocycles. The van der Waals surface area contributed by atoms with Gasteiger partial charge in [0.25, 0.3) is 0 Å². The van der Waals surface area contributed by atoms with E-state index in [1.807, 2.05) is 0 Å². The number of unbranched alkanes of at least 4 members (excludes halogenated alkanes) is 26. The molecule has 6 nitrogen and oxygen atoms in total. The lowest BCUT2D eigenvalue weighted by molar-refractivity contribution is -0.167. The number of hydrogen-bond acceptors (Lipinski definition) is 6. The minimum Gasteiger partial charge on any atom is -0.462 e. The van der Waals surface area contributed by atoms with Crippen molar-refractivity contribution in [1.82, 2.24) is 0 Å². The van der Waals surface area contributed by atoms with Crippen LogP contribution in [0, 0.1) is 0 Å². The van der Waals surface area contributed by atoms with E-state index in [1.165, 1.54) is 141 Å². The molecule has 0 bridgehead atoms. The van der Waals surface area contributed by atoms with Crippen molar-refractivity contribution in [1.29, 1.82) is 0 Å². The lowest BCUT2D eigenvalue weighted by atomic mass is 10.0. The smallest absolute Gasteiger partial charge is 0.306 e. The molecule has 0 unspecified atom stereocenters. The SMILES string of the molecule is CCCCC/C=C/C/C=C/C/C=C/C/C=C/CCCCCC(=O)OC[C@@H](COC(=O)CCCCCCCCCCCCCCCCCCC)OC(=O)CCC/C=C/C/C=C/C/C=C/C/C=C/CCCCC. The third-order valence-corrected chi connectivity index (χ3v) is 12.6. The zero-order valence-corrected chi connectivity index (χ0v) is 46.5. The van der Waals surface area contributed by atoms with Crippen LogP contribution < -0.4 is 0 Å². The number of carbonyl (C=O) groups excluding carboxylic acids is 3. The first-order valence-electron chi connectivity index (χ1n) is 29.7. The molecule has 0 aliphatic rings. The van der Waals surface area contributed by atoms with E-state index in [2.05, 4.69) is 118 Å². The first kappa shape index (κ1) is 67.3. The monoisotopic (exact) mass is 987 g/mol. The highest BCUT2D eigenvalue weighted by atomic mass is 16.6. The van der Waals surface area contributed by atoms with E-state index in [4.69, 9.17) is 14.2 Å². The van der Waals surface area contributed by atoms with Gasteiger partial charge in [-0.3, -0.25) is 14.4 Å². The van der Waals surface area contributed by atoms with Crippen LogP contribution in [0.1, 0.15) is 278 Å². The molecule has 0 saturated carbocycles. The standard InChI is InChI=1S/C65H110O6/c1-4-7-10-13-16-19-22-25-28-31-32-35-37-40-43-46-49-52-55-58-64(67)70-61-62(71-65(68)59-56-53-50-47-44-41-38-34-30-27-24-21-18-15-12-9-6-3)60-69-63(66)57-54-51-48-45-42-39-36-33-29-26-23-20-17-14-11-8-5-2/h16,18-19,21,25,27-28,30,32,35,38,40-41,43,47,50,62H,4-15,17,20,22-24,26,29,31,33-34,36-37,39,42,44-46,48-49,51-61H2,1-3H3/b19-16+,21-18+,28-25+,30-27+,35-32+,41-38+,43-40+,50-47+/t62-/m1/s1. The maximum atomic E-state index is 12.8. The van der Waals surface area contributed by atoms with Crippen LogP contribution in [0.4, 0.5) is 0 Å². The molecule has 0 heterocycles. The fourth-order valence-corrected chi connectivity index (χ4v) is 8.07. The van der Waals surface area contributed by atoms with Gasteiger partial charge < -0.3 is 14.2 Å². The summed E-state index contributed by atoms with van der Waals surface area (Å²) in [5, 5.41) is 0. The van der Waals surface area contributed by atoms with Crippen LogP contribution in [-0.4, -0.2) is 37.2 Å². The predicted molar refractivity (Wildman–Crippen MR) is 307 cm³/mol. The number of ether oxygens (including phenoxy) is 3. The van der Waals surface area contributed by atoms with Gasteiger partial charge in [-0.05, 0) is 103 Å². The van der Waals surface area contributed by atoms with Gasteiger partial charge in [-0.25, -0.2) is 0 Å². The van der Waals surface area contributed by atoms with Crippen molar-refractivity contribution in [3.05, 3.63) is 97.2 Å². The minimum absolute atomic E-state index is 0.108. The molecule has 0 amide bonds. The molecule has 0 aromatic rings. The van der Waals surface area contributed by atoms with E-state index >= 15 is 0 Å². The Labute approximate surface area is 438 Å². The van der Waals surface area contributed by atoms with Crippen LogP contribution in [-0.2, 0) is 28.6 Å². The molecule has 0 N–H and O–H groups in total. The maximum Gasteiger partial charge on any atom is 0.306 e. The Balaban J connectivity index is 4.52. The average molecular weight is 988 g/mol. The molecule has 0 radical (unpaired) electrons. The van der Waals surface area contributed by atoms with Gasteiger partial charge in [0.15, 0.2) is 6.10 Å². The first-order chi connectivity index (χ1) is 35.0. The molecule has 0 aliphatic carbocycles. The van der Waals surface area contributed by atoms with Crippen molar-refractivity contribution in [2.45, 2.75) is 284 Å². The number of hydrogen-bond donors (Lipinski definition) is 0. The molecule has 1 atom stereocenters. The maximum absolute atomic E-state index is 12.8. The summed E-state index contributed by atoms with van der Waals surface area (Å²) in [5.41, 5.74) is 0. The second-order valence-electron chi connectivity index (χ2n) is 19.6. The predicted octanol–water partition coefficient (Wildman–Crippen LogP) is 20.1. The highest BCUT2D eigenvalue weighted by Gasteiger charge is 2.19. The highest BCUT2D eigenvalue weighted by molar-refractivity contribution is 5.71. The van der Waals surface area contributed by atoms with Crippen molar-refractivity contribution in [3.8, 4) is 0 Å². The van der Waals surface area contributed by atoms with Crippen molar-refractivity contribution in [2.24, 2.45) is 0 Å². The van der Waals surface area contributed by atoms with Crippen LogP contribution in [0.5, 0.6) is 0 Å². The first-order valence-corrected chi connectivity index (χ1v) is 29.7. The number of esters is 3. The van der Waals surface area contributed by atoms with Crippen molar-refractivity contribution in [3.63, 3.8) is 0 Å². The van der Waals surface area contributed by atoms with Gasteiger partial charge in [0, 0.05) is 19.3 Å². The molecule has 0 aromatic carbocycles. The average Bonchev–Trinajstić information content (AvgIpc) is 3.37. The summed E-state index contributed by atoms with van der Waals surface area (Å²) >= 11 is 0. The van der Waals surface area contributed by atoms with E-state index in [-0.39, 0.29) is 37.5 Å². The van der Waals surface area contributed by atoms with Crippen LogP contribution in [0.15, 0.2) is 97.2 Å². The van der Waals surface area contributed by atoms with Gasteiger partial charge in [0.1, 0.15) is 13.2 Å². The molecule has 0 rings (SSSR count). The third kappa shape index (κ3) is 57.1. The second kappa shape index (κ2) is 58.9. The van der Waals surface area contributed by atoms with Gasteiger partial charge in [0.2, 0.25) is 0 Å². The van der Waals surface area contributed by atoms with Gasteiger partial charge in [-0.2, -0.15) is 0 Å². The van der Waals surface area contributed by atoms with Gasteiger partial charge in [0.05, 0.1) is 0 Å². The lowest BCUT2D eigenvalue weighted by Crippen LogP contribution is -2.30. The largest absolute Gasteiger partial charge is 0.462 e. The zero-order chi connectivity index (χ0) is 51.4. The quantitative estimate of drug-likeness (QED) is 0.0261.